The number of nitrogens with one attached hydrogen (secondary N) is 2. The summed E-state index contributed by atoms with van der Waals surface area (Å²) in [6, 6.07) is 21.3. The Balaban J connectivity index is 1.08. The van der Waals surface area contributed by atoms with Crippen LogP contribution in [0.15, 0.2) is 66.7 Å². The number of aromatic nitrogens is 3. The number of anilines is 2. The number of fused-ring (bicyclic) bond motifs is 6. The SMILES string of the molecule is O=C(Nc1nc2c(s1)CCc1ccccc1-2)c1cccc(C(=O)Nc2nc3c(s2)CCc2ccccc2-3)n1. The Labute approximate surface area is 226 Å². The molecule has 9 heteroatoms. The summed E-state index contributed by atoms with van der Waals surface area (Å²) >= 11 is 2.97. The largest absolute Gasteiger partial charge is 0.296 e. The highest BCUT2D eigenvalue weighted by Crippen LogP contribution is 2.39. The van der Waals surface area contributed by atoms with E-state index in [1.807, 2.05) is 24.3 Å². The van der Waals surface area contributed by atoms with Crippen LogP contribution in [0.25, 0.3) is 22.5 Å². The van der Waals surface area contributed by atoms with E-state index in [1.54, 1.807) is 18.2 Å². The molecular formula is C29H21N5O2S2. The first kappa shape index (κ1) is 22.9. The van der Waals surface area contributed by atoms with Crippen LogP contribution in [0.4, 0.5) is 10.3 Å². The van der Waals surface area contributed by atoms with Crippen LogP contribution in [-0.2, 0) is 25.7 Å². The van der Waals surface area contributed by atoms with Crippen molar-refractivity contribution < 1.29 is 9.59 Å². The number of amides is 2. The first-order valence-electron chi connectivity index (χ1n) is 12.4. The van der Waals surface area contributed by atoms with Gasteiger partial charge in [-0.2, -0.15) is 0 Å². The normalized spacial score (nSPS) is 13.1. The lowest BCUT2D eigenvalue weighted by Gasteiger charge is -2.13. The maximum atomic E-state index is 13.0. The Bertz CT molecular complexity index is 1620. The molecule has 5 aromatic rings. The van der Waals surface area contributed by atoms with Crippen LogP contribution < -0.4 is 10.6 Å². The average Bonchev–Trinajstić information content (AvgIpc) is 3.56. The van der Waals surface area contributed by atoms with Gasteiger partial charge >= 0.3 is 0 Å². The van der Waals surface area contributed by atoms with Crippen LogP contribution in [0, 0.1) is 0 Å². The fourth-order valence-corrected chi connectivity index (χ4v) is 6.96. The van der Waals surface area contributed by atoms with E-state index in [4.69, 9.17) is 9.97 Å². The fraction of sp³-hybridized carbons (Fsp3) is 0.138. The van der Waals surface area contributed by atoms with Crippen LogP contribution in [0.1, 0.15) is 41.9 Å². The minimum Gasteiger partial charge on any atom is -0.296 e. The Morgan fingerprint density at radius 1 is 0.579 bits per heavy atom. The van der Waals surface area contributed by atoms with Crippen LogP contribution in [0.2, 0.25) is 0 Å². The highest BCUT2D eigenvalue weighted by Gasteiger charge is 2.23. The lowest BCUT2D eigenvalue weighted by Crippen LogP contribution is -2.18. The molecule has 0 spiro atoms. The summed E-state index contributed by atoms with van der Waals surface area (Å²) in [7, 11) is 0. The average molecular weight is 536 g/mol. The number of aryl methyl sites for hydroxylation is 4. The van der Waals surface area contributed by atoms with E-state index in [0.717, 1.165) is 58.0 Å². The van der Waals surface area contributed by atoms with Gasteiger partial charge in [0.2, 0.25) is 0 Å². The molecule has 0 atom stereocenters. The number of carbonyl (C=O) groups is 2. The first-order valence-corrected chi connectivity index (χ1v) is 14.0. The quantitative estimate of drug-likeness (QED) is 0.293. The van der Waals surface area contributed by atoms with E-state index < -0.39 is 11.8 Å². The highest BCUT2D eigenvalue weighted by molar-refractivity contribution is 7.16. The number of hydrogen-bond acceptors (Lipinski definition) is 7. The van der Waals surface area contributed by atoms with Gasteiger partial charge < -0.3 is 0 Å². The van der Waals surface area contributed by atoms with Gasteiger partial charge in [0, 0.05) is 20.9 Å². The van der Waals surface area contributed by atoms with Crippen molar-refractivity contribution in [1.29, 1.82) is 0 Å². The smallest absolute Gasteiger partial charge is 0.276 e. The lowest BCUT2D eigenvalue weighted by atomic mass is 9.94. The number of thiazole rings is 2. The number of pyridine rings is 1. The van der Waals surface area contributed by atoms with Crippen molar-refractivity contribution >= 4 is 44.8 Å². The molecule has 3 aromatic heterocycles. The first-order chi connectivity index (χ1) is 18.6. The summed E-state index contributed by atoms with van der Waals surface area (Å²) in [6.45, 7) is 0. The van der Waals surface area contributed by atoms with Gasteiger partial charge in [-0.05, 0) is 48.9 Å². The molecule has 2 aromatic carbocycles. The predicted molar refractivity (Wildman–Crippen MR) is 150 cm³/mol. The van der Waals surface area contributed by atoms with Gasteiger partial charge in [0.05, 0.1) is 11.4 Å². The summed E-state index contributed by atoms with van der Waals surface area (Å²) in [5.74, 6) is -0.805. The van der Waals surface area contributed by atoms with E-state index in [9.17, 15) is 9.59 Å². The van der Waals surface area contributed by atoms with Crippen LogP contribution in [0.5, 0.6) is 0 Å². The van der Waals surface area contributed by atoms with Gasteiger partial charge in [0.25, 0.3) is 11.8 Å². The molecule has 0 radical (unpaired) electrons. The molecule has 7 rings (SSSR count). The van der Waals surface area contributed by atoms with Gasteiger partial charge in [-0.1, -0.05) is 54.6 Å². The van der Waals surface area contributed by atoms with E-state index in [2.05, 4.69) is 39.9 Å². The zero-order chi connectivity index (χ0) is 25.6. The summed E-state index contributed by atoms with van der Waals surface area (Å²) in [5, 5.41) is 6.80. The zero-order valence-electron chi connectivity index (χ0n) is 20.2. The standard InChI is InChI=1S/C29H21N5O2S2/c35-26(33-28-31-24-18-8-3-1-6-16(18)12-14-22(24)37-28)20-10-5-11-21(30-20)27(36)34-29-32-25-19-9-4-2-7-17(19)13-15-23(25)38-29/h1-11H,12-15H2,(H,31,33,35)(H,32,34,36). The van der Waals surface area contributed by atoms with Crippen molar-refractivity contribution in [2.75, 3.05) is 10.6 Å². The minimum absolute atomic E-state index is 0.151. The number of nitrogens with zero attached hydrogens (tertiary/aromatic N) is 3. The molecule has 2 amide bonds. The molecule has 0 fully saturated rings. The molecular weight excluding hydrogens is 514 g/mol. The molecule has 0 unspecified atom stereocenters. The summed E-state index contributed by atoms with van der Waals surface area (Å²) in [5.41, 5.74) is 6.95. The number of rotatable bonds is 4. The summed E-state index contributed by atoms with van der Waals surface area (Å²) in [6.07, 6.45) is 3.73. The molecule has 3 heterocycles. The van der Waals surface area contributed by atoms with E-state index >= 15 is 0 Å². The molecule has 186 valence electrons. The third kappa shape index (κ3) is 4.09. The second-order valence-electron chi connectivity index (χ2n) is 9.21. The van der Waals surface area contributed by atoms with Crippen LogP contribution >= 0.6 is 22.7 Å². The van der Waals surface area contributed by atoms with Gasteiger partial charge in [-0.3, -0.25) is 20.2 Å². The monoisotopic (exact) mass is 535 g/mol. The molecule has 0 saturated carbocycles. The summed E-state index contributed by atoms with van der Waals surface area (Å²) < 4.78 is 0. The minimum atomic E-state index is -0.402. The molecule has 2 aliphatic carbocycles. The Morgan fingerprint density at radius 2 is 1.05 bits per heavy atom. The molecule has 38 heavy (non-hydrogen) atoms. The van der Waals surface area contributed by atoms with E-state index in [-0.39, 0.29) is 11.4 Å². The Morgan fingerprint density at radius 3 is 1.55 bits per heavy atom. The van der Waals surface area contributed by atoms with Crippen molar-refractivity contribution in [3.05, 3.63) is 99.0 Å². The Hall–Kier alpha value is -4.21. The number of hydrogen-bond donors (Lipinski definition) is 2. The van der Waals surface area contributed by atoms with Crippen molar-refractivity contribution in [2.45, 2.75) is 25.7 Å². The number of carbonyl (C=O) groups excluding carboxylic acids is 2. The van der Waals surface area contributed by atoms with E-state index in [1.165, 1.54) is 33.8 Å². The Kier molecular flexibility index (Phi) is 5.60. The number of benzene rings is 2. The van der Waals surface area contributed by atoms with Crippen LogP contribution in [0.3, 0.4) is 0 Å². The van der Waals surface area contributed by atoms with Crippen molar-refractivity contribution in [1.82, 2.24) is 15.0 Å². The topological polar surface area (TPSA) is 96.9 Å². The molecule has 0 bridgehead atoms. The van der Waals surface area contributed by atoms with Gasteiger partial charge in [-0.15, -0.1) is 22.7 Å². The lowest BCUT2D eigenvalue weighted by molar-refractivity contribution is 0.101. The molecule has 2 N–H and O–H groups in total. The highest BCUT2D eigenvalue weighted by atomic mass is 32.1. The maximum Gasteiger partial charge on any atom is 0.276 e. The van der Waals surface area contributed by atoms with Crippen LogP contribution in [-0.4, -0.2) is 26.8 Å². The van der Waals surface area contributed by atoms with Crippen molar-refractivity contribution in [3.8, 4) is 22.5 Å². The fourth-order valence-electron chi connectivity index (χ4n) is 5.02. The van der Waals surface area contributed by atoms with Crippen molar-refractivity contribution in [2.24, 2.45) is 0 Å². The van der Waals surface area contributed by atoms with Crippen molar-refractivity contribution in [3.63, 3.8) is 0 Å². The maximum absolute atomic E-state index is 13.0. The second-order valence-corrected chi connectivity index (χ2v) is 11.4. The van der Waals surface area contributed by atoms with Gasteiger partial charge in [0.15, 0.2) is 10.3 Å². The van der Waals surface area contributed by atoms with E-state index in [0.29, 0.717) is 10.3 Å². The van der Waals surface area contributed by atoms with Gasteiger partial charge in [-0.25, -0.2) is 15.0 Å². The van der Waals surface area contributed by atoms with Gasteiger partial charge in [0.1, 0.15) is 11.4 Å². The third-order valence-corrected chi connectivity index (χ3v) is 8.90. The molecule has 7 nitrogen and oxygen atoms in total. The molecule has 2 aliphatic rings. The molecule has 0 saturated heterocycles. The third-order valence-electron chi connectivity index (χ3n) is 6.84. The molecule has 0 aliphatic heterocycles. The zero-order valence-corrected chi connectivity index (χ0v) is 21.8. The predicted octanol–water partition coefficient (Wildman–Crippen LogP) is 6.03. The second kappa shape index (κ2) is 9.27. The summed E-state index contributed by atoms with van der Waals surface area (Å²) in [4.78, 5) is 42.0.